The molecule has 0 saturated heterocycles. The lowest BCUT2D eigenvalue weighted by atomic mass is 9.92. The van der Waals surface area contributed by atoms with Crippen molar-refractivity contribution in [1.29, 1.82) is 0 Å². The Kier molecular flexibility index (Phi) is 5.24. The molecule has 0 amide bonds. The molecule has 1 unspecified atom stereocenters. The molecule has 0 saturated carbocycles. The van der Waals surface area contributed by atoms with Gasteiger partial charge in [0.25, 0.3) is 0 Å². The predicted octanol–water partition coefficient (Wildman–Crippen LogP) is 3.90. The van der Waals surface area contributed by atoms with Gasteiger partial charge in [-0.3, -0.25) is 0 Å². The number of aryl methyl sites for hydroxylation is 1. The van der Waals surface area contributed by atoms with Crippen LogP contribution in [0.4, 0.5) is 8.78 Å². The minimum absolute atomic E-state index is 0.340. The van der Waals surface area contributed by atoms with Crippen LogP contribution in [0.3, 0.4) is 0 Å². The van der Waals surface area contributed by atoms with Gasteiger partial charge in [-0.25, -0.2) is 8.78 Å². The van der Waals surface area contributed by atoms with E-state index in [9.17, 15) is 8.78 Å². The van der Waals surface area contributed by atoms with Crippen molar-refractivity contribution in [3.05, 3.63) is 71.3 Å². The summed E-state index contributed by atoms with van der Waals surface area (Å²) in [6.07, 6.45) is 1.52. The van der Waals surface area contributed by atoms with Gasteiger partial charge in [-0.15, -0.1) is 0 Å². The average molecular weight is 275 g/mol. The molecular weight excluding hydrogens is 256 g/mol. The molecule has 1 N–H and O–H groups in total. The van der Waals surface area contributed by atoms with E-state index in [0.29, 0.717) is 17.9 Å². The fraction of sp³-hybridized carbons (Fsp3) is 0.294. The number of halogens is 2. The van der Waals surface area contributed by atoms with Crippen molar-refractivity contribution in [3.8, 4) is 0 Å². The Morgan fingerprint density at radius 2 is 1.65 bits per heavy atom. The minimum Gasteiger partial charge on any atom is -0.319 e. The highest BCUT2D eigenvalue weighted by Crippen LogP contribution is 2.21. The topological polar surface area (TPSA) is 12.0 Å². The Morgan fingerprint density at radius 3 is 2.25 bits per heavy atom. The molecule has 2 aromatic carbocycles. The van der Waals surface area contributed by atoms with E-state index in [4.69, 9.17) is 0 Å². The Bertz CT molecular complexity index is 520. The van der Waals surface area contributed by atoms with Crippen LogP contribution in [0, 0.1) is 11.6 Å². The van der Waals surface area contributed by atoms with Crippen molar-refractivity contribution in [2.24, 2.45) is 0 Å². The van der Waals surface area contributed by atoms with Crippen LogP contribution in [0.2, 0.25) is 0 Å². The molecule has 3 heteroatoms. The first-order valence-corrected chi connectivity index (χ1v) is 6.83. The Morgan fingerprint density at radius 1 is 1.00 bits per heavy atom. The first-order chi connectivity index (χ1) is 9.69. The van der Waals surface area contributed by atoms with Crippen LogP contribution in [0.15, 0.2) is 48.5 Å². The molecule has 0 aromatic heterocycles. The molecular formula is C17H19F2N. The van der Waals surface area contributed by atoms with Gasteiger partial charge in [0.1, 0.15) is 11.6 Å². The van der Waals surface area contributed by atoms with Crippen molar-refractivity contribution in [3.63, 3.8) is 0 Å². The molecule has 0 bridgehead atoms. The molecule has 0 spiro atoms. The molecule has 2 aromatic rings. The molecule has 0 heterocycles. The molecule has 0 aliphatic rings. The second-order valence-corrected chi connectivity index (χ2v) is 4.98. The highest BCUT2D eigenvalue weighted by atomic mass is 19.1. The molecule has 0 fully saturated rings. The van der Waals surface area contributed by atoms with Gasteiger partial charge in [-0.05, 0) is 49.1 Å². The van der Waals surface area contributed by atoms with E-state index in [1.165, 1.54) is 17.7 Å². The normalized spacial score (nSPS) is 12.3. The van der Waals surface area contributed by atoms with Crippen molar-refractivity contribution in [2.45, 2.75) is 18.8 Å². The summed E-state index contributed by atoms with van der Waals surface area (Å²) in [5, 5.41) is 3.18. The number of hydrogen-bond donors (Lipinski definition) is 1. The molecule has 1 atom stereocenters. The summed E-state index contributed by atoms with van der Waals surface area (Å²) in [6, 6.07) is 13.9. The maximum absolute atomic E-state index is 13.2. The lowest BCUT2D eigenvalue weighted by Crippen LogP contribution is -2.18. The zero-order valence-corrected chi connectivity index (χ0v) is 11.6. The quantitative estimate of drug-likeness (QED) is 0.843. The van der Waals surface area contributed by atoms with Crippen LogP contribution in [0.25, 0.3) is 0 Å². The van der Waals surface area contributed by atoms with E-state index < -0.39 is 11.6 Å². The molecule has 2 rings (SSSR count). The summed E-state index contributed by atoms with van der Waals surface area (Å²) in [7, 11) is 1.91. The van der Waals surface area contributed by atoms with Crippen LogP contribution in [-0.2, 0) is 6.42 Å². The van der Waals surface area contributed by atoms with Gasteiger partial charge in [-0.2, -0.15) is 0 Å². The highest BCUT2D eigenvalue weighted by Gasteiger charge is 2.11. The van der Waals surface area contributed by atoms with Crippen LogP contribution in [0.1, 0.15) is 23.5 Å². The van der Waals surface area contributed by atoms with Crippen molar-refractivity contribution in [2.75, 3.05) is 13.6 Å². The third kappa shape index (κ3) is 4.14. The van der Waals surface area contributed by atoms with E-state index in [-0.39, 0.29) is 0 Å². The summed E-state index contributed by atoms with van der Waals surface area (Å²) in [5.74, 6) is -0.678. The van der Waals surface area contributed by atoms with Gasteiger partial charge in [0, 0.05) is 12.6 Å². The van der Waals surface area contributed by atoms with Gasteiger partial charge in [0.15, 0.2) is 0 Å². The van der Waals surface area contributed by atoms with E-state index >= 15 is 0 Å². The van der Waals surface area contributed by atoms with Crippen molar-refractivity contribution < 1.29 is 8.78 Å². The first kappa shape index (κ1) is 14.7. The van der Waals surface area contributed by atoms with Crippen LogP contribution in [0.5, 0.6) is 0 Å². The minimum atomic E-state index is -0.509. The van der Waals surface area contributed by atoms with Crippen LogP contribution in [-0.4, -0.2) is 13.6 Å². The summed E-state index contributed by atoms with van der Waals surface area (Å²) >= 11 is 0. The summed E-state index contributed by atoms with van der Waals surface area (Å²) in [4.78, 5) is 0. The van der Waals surface area contributed by atoms with E-state index in [2.05, 4.69) is 17.4 Å². The number of likely N-dealkylation sites (N-methyl/N-ethyl adjacent to an activating group) is 1. The number of rotatable bonds is 6. The fourth-order valence-electron chi connectivity index (χ4n) is 2.45. The second kappa shape index (κ2) is 7.15. The van der Waals surface area contributed by atoms with Gasteiger partial charge < -0.3 is 5.32 Å². The molecule has 0 aliphatic heterocycles. The smallest absolute Gasteiger partial charge is 0.126 e. The Hall–Kier alpha value is -1.74. The highest BCUT2D eigenvalue weighted by molar-refractivity contribution is 5.22. The lowest BCUT2D eigenvalue weighted by Gasteiger charge is -2.17. The number of hydrogen-bond acceptors (Lipinski definition) is 1. The largest absolute Gasteiger partial charge is 0.319 e. The maximum Gasteiger partial charge on any atom is 0.126 e. The summed E-state index contributed by atoms with van der Waals surface area (Å²) in [6.45, 7) is 0.849. The second-order valence-electron chi connectivity index (χ2n) is 4.98. The lowest BCUT2D eigenvalue weighted by molar-refractivity contribution is 0.565. The van der Waals surface area contributed by atoms with E-state index in [1.807, 2.05) is 25.2 Å². The standard InChI is InChI=1S/C17H19F2N/c1-20-12-15(14-5-3-2-4-6-14)8-7-13-9-16(18)11-17(19)10-13/h2-6,9-11,15,20H,7-8,12H2,1H3. The van der Waals surface area contributed by atoms with Gasteiger partial charge >= 0.3 is 0 Å². The third-order valence-electron chi connectivity index (χ3n) is 3.43. The zero-order chi connectivity index (χ0) is 14.4. The maximum atomic E-state index is 13.2. The third-order valence-corrected chi connectivity index (χ3v) is 3.43. The monoisotopic (exact) mass is 275 g/mol. The summed E-state index contributed by atoms with van der Waals surface area (Å²) in [5.41, 5.74) is 1.96. The first-order valence-electron chi connectivity index (χ1n) is 6.83. The van der Waals surface area contributed by atoms with Crippen LogP contribution < -0.4 is 5.32 Å². The van der Waals surface area contributed by atoms with Gasteiger partial charge in [0.2, 0.25) is 0 Å². The molecule has 106 valence electrons. The zero-order valence-electron chi connectivity index (χ0n) is 11.6. The van der Waals surface area contributed by atoms with Gasteiger partial charge in [-0.1, -0.05) is 30.3 Å². The number of nitrogens with one attached hydrogen (secondary N) is 1. The average Bonchev–Trinajstić information content (AvgIpc) is 2.43. The fourth-order valence-corrected chi connectivity index (χ4v) is 2.45. The SMILES string of the molecule is CNCC(CCc1cc(F)cc(F)c1)c1ccccc1. The molecule has 0 aliphatic carbocycles. The van der Waals surface area contributed by atoms with Gasteiger partial charge in [0.05, 0.1) is 0 Å². The Balaban J connectivity index is 2.05. The Labute approximate surface area is 118 Å². The predicted molar refractivity (Wildman–Crippen MR) is 77.8 cm³/mol. The number of benzene rings is 2. The van der Waals surface area contributed by atoms with Crippen molar-refractivity contribution >= 4 is 0 Å². The van der Waals surface area contributed by atoms with E-state index in [0.717, 1.165) is 19.0 Å². The molecule has 1 nitrogen and oxygen atoms in total. The van der Waals surface area contributed by atoms with Crippen LogP contribution >= 0.6 is 0 Å². The summed E-state index contributed by atoms with van der Waals surface area (Å²) < 4.78 is 26.3. The van der Waals surface area contributed by atoms with Crippen molar-refractivity contribution in [1.82, 2.24) is 5.32 Å². The molecule has 20 heavy (non-hydrogen) atoms. The molecule has 0 radical (unpaired) electrons. The van der Waals surface area contributed by atoms with E-state index in [1.54, 1.807) is 0 Å².